The van der Waals surface area contributed by atoms with Crippen LogP contribution in [0.25, 0.3) is 10.9 Å². The molecular formula is C11H15N5O. The topological polar surface area (TPSA) is 107 Å². The predicted octanol–water partition coefficient (Wildman–Crippen LogP) is 0.977. The van der Waals surface area contributed by atoms with E-state index >= 15 is 0 Å². The molecule has 6 N–H and O–H groups in total. The second kappa shape index (κ2) is 6.16. The molecule has 0 spiro atoms. The van der Waals surface area contributed by atoms with Crippen LogP contribution in [0, 0.1) is 5.41 Å². The van der Waals surface area contributed by atoms with E-state index in [0.717, 1.165) is 0 Å². The molecule has 17 heavy (non-hydrogen) atoms. The monoisotopic (exact) mass is 233 g/mol. The average Bonchev–Trinajstić information content (AvgIpc) is 2.76. The molecule has 6 heteroatoms. The minimum atomic E-state index is -0.732. The van der Waals surface area contributed by atoms with Crippen molar-refractivity contribution in [1.29, 1.82) is 5.41 Å². The number of para-hydroxylation sites is 1. The van der Waals surface area contributed by atoms with Gasteiger partial charge >= 0.3 is 6.03 Å². The highest BCUT2D eigenvalue weighted by Crippen LogP contribution is 2.09. The molecule has 2 rings (SSSR count). The number of nitrogens with two attached hydrogens (primary N) is 1. The Morgan fingerprint density at radius 1 is 1.35 bits per heavy atom. The Hall–Kier alpha value is -2.50. The number of carbonyl (C=O) groups excluding carboxylic acids is 1. The zero-order chi connectivity index (χ0) is 12.7. The highest BCUT2D eigenvalue weighted by Gasteiger charge is 1.91. The molecule has 0 saturated heterocycles. The van der Waals surface area contributed by atoms with E-state index in [4.69, 9.17) is 5.41 Å². The van der Waals surface area contributed by atoms with Crippen molar-refractivity contribution < 1.29 is 4.79 Å². The first kappa shape index (κ1) is 12.6. The van der Waals surface area contributed by atoms with Crippen LogP contribution in [0.5, 0.6) is 0 Å². The molecule has 2 aromatic rings. The van der Waals surface area contributed by atoms with Gasteiger partial charge in [0.05, 0.1) is 0 Å². The summed E-state index contributed by atoms with van der Waals surface area (Å²) in [5, 5.41) is 12.4. The van der Waals surface area contributed by atoms with E-state index in [-0.39, 0.29) is 5.96 Å². The Morgan fingerprint density at radius 2 is 2.06 bits per heavy atom. The van der Waals surface area contributed by atoms with E-state index < -0.39 is 6.03 Å². The lowest BCUT2D eigenvalue weighted by atomic mass is 10.3. The van der Waals surface area contributed by atoms with Gasteiger partial charge in [-0.3, -0.25) is 10.7 Å². The number of rotatable bonds is 0. The molecule has 0 radical (unpaired) electrons. The number of aromatic amines is 1. The summed E-state index contributed by atoms with van der Waals surface area (Å²) in [7, 11) is 1.51. The number of amides is 2. The van der Waals surface area contributed by atoms with Crippen LogP contribution >= 0.6 is 0 Å². The molecule has 0 bridgehead atoms. The average molecular weight is 233 g/mol. The van der Waals surface area contributed by atoms with E-state index in [1.54, 1.807) is 0 Å². The molecular weight excluding hydrogens is 218 g/mol. The number of benzene rings is 1. The largest absolute Gasteiger partial charge is 0.361 e. The maximum atomic E-state index is 9.90. The van der Waals surface area contributed by atoms with E-state index in [1.807, 2.05) is 23.6 Å². The fraction of sp³-hybridized carbons (Fsp3) is 0.0909. The molecule has 0 saturated carbocycles. The van der Waals surface area contributed by atoms with Crippen LogP contribution in [0.1, 0.15) is 0 Å². The van der Waals surface area contributed by atoms with Gasteiger partial charge in [-0.1, -0.05) is 18.2 Å². The van der Waals surface area contributed by atoms with Gasteiger partial charge in [0.15, 0.2) is 5.96 Å². The molecule has 0 aliphatic carbocycles. The highest BCUT2D eigenvalue weighted by atomic mass is 16.2. The summed E-state index contributed by atoms with van der Waals surface area (Å²) < 4.78 is 0. The Balaban J connectivity index is 0.000000172. The lowest BCUT2D eigenvalue weighted by Crippen LogP contribution is -2.41. The van der Waals surface area contributed by atoms with Gasteiger partial charge in [-0.15, -0.1) is 0 Å². The summed E-state index contributed by atoms with van der Waals surface area (Å²) in [6.07, 6.45) is 1.95. The summed E-state index contributed by atoms with van der Waals surface area (Å²) in [5.74, 6) is -0.0995. The summed E-state index contributed by atoms with van der Waals surface area (Å²) in [5.41, 5.74) is 5.84. The SMILES string of the molecule is CNC(=N)NC(N)=O.c1ccc2[nH]ccc2c1. The maximum absolute atomic E-state index is 9.90. The number of aromatic nitrogens is 1. The van der Waals surface area contributed by atoms with Crippen LogP contribution in [-0.4, -0.2) is 24.0 Å². The van der Waals surface area contributed by atoms with Gasteiger partial charge in [0.1, 0.15) is 0 Å². The Morgan fingerprint density at radius 3 is 2.59 bits per heavy atom. The molecule has 1 aromatic heterocycles. The Kier molecular flexibility index (Phi) is 4.56. The van der Waals surface area contributed by atoms with Crippen molar-refractivity contribution in [3.8, 4) is 0 Å². The molecule has 6 nitrogen and oxygen atoms in total. The second-order valence-corrected chi connectivity index (χ2v) is 3.18. The minimum absolute atomic E-state index is 0.0995. The Bertz CT molecular complexity index is 475. The number of nitrogens with one attached hydrogen (secondary N) is 4. The molecule has 1 heterocycles. The zero-order valence-electron chi connectivity index (χ0n) is 9.45. The Labute approximate surface area is 98.7 Å². The van der Waals surface area contributed by atoms with Gasteiger partial charge < -0.3 is 16.0 Å². The predicted molar refractivity (Wildman–Crippen MR) is 67.8 cm³/mol. The number of primary amides is 1. The fourth-order valence-electron chi connectivity index (χ4n) is 1.18. The van der Waals surface area contributed by atoms with E-state index in [2.05, 4.69) is 34.2 Å². The minimum Gasteiger partial charge on any atom is -0.361 e. The smallest absolute Gasteiger partial charge is 0.318 e. The zero-order valence-corrected chi connectivity index (χ0v) is 9.45. The standard InChI is InChI=1S/C8H7N.C3H8N4O/c1-2-4-8-7(3-1)5-6-9-8;1-6-2(4)7-3(5)8/h1-6,9H;1H3,(H5,4,5,6,7,8). The van der Waals surface area contributed by atoms with Gasteiger partial charge in [-0.05, 0) is 17.5 Å². The molecule has 2 amide bonds. The lowest BCUT2D eigenvalue weighted by molar-refractivity contribution is 0.253. The van der Waals surface area contributed by atoms with Crippen molar-refractivity contribution in [2.24, 2.45) is 5.73 Å². The lowest BCUT2D eigenvalue weighted by Gasteiger charge is -1.99. The molecule has 0 aliphatic heterocycles. The van der Waals surface area contributed by atoms with Crippen molar-refractivity contribution in [3.63, 3.8) is 0 Å². The number of urea groups is 1. The van der Waals surface area contributed by atoms with E-state index in [9.17, 15) is 4.79 Å². The highest BCUT2D eigenvalue weighted by molar-refractivity contribution is 5.93. The first-order chi connectivity index (χ1) is 8.13. The fourth-order valence-corrected chi connectivity index (χ4v) is 1.18. The maximum Gasteiger partial charge on any atom is 0.318 e. The van der Waals surface area contributed by atoms with Crippen LogP contribution in [0.15, 0.2) is 36.5 Å². The van der Waals surface area contributed by atoms with Gasteiger partial charge in [0.2, 0.25) is 0 Å². The van der Waals surface area contributed by atoms with Gasteiger partial charge in [-0.25, -0.2) is 4.79 Å². The summed E-state index contributed by atoms with van der Waals surface area (Å²) in [4.78, 5) is 13.0. The van der Waals surface area contributed by atoms with Crippen molar-refractivity contribution in [1.82, 2.24) is 15.6 Å². The number of guanidine groups is 1. The first-order valence-electron chi connectivity index (χ1n) is 4.98. The third-order valence-electron chi connectivity index (χ3n) is 1.96. The van der Waals surface area contributed by atoms with Gasteiger partial charge in [-0.2, -0.15) is 0 Å². The molecule has 90 valence electrons. The number of fused-ring (bicyclic) bond motifs is 1. The van der Waals surface area contributed by atoms with Crippen LogP contribution in [0.4, 0.5) is 4.79 Å². The second-order valence-electron chi connectivity index (χ2n) is 3.18. The molecule has 0 unspecified atom stereocenters. The van der Waals surface area contributed by atoms with Crippen LogP contribution in [0.3, 0.4) is 0 Å². The summed E-state index contributed by atoms with van der Waals surface area (Å²) >= 11 is 0. The number of H-pyrrole nitrogens is 1. The summed E-state index contributed by atoms with van der Waals surface area (Å²) in [6, 6.07) is 9.55. The van der Waals surface area contributed by atoms with E-state index in [0.29, 0.717) is 0 Å². The van der Waals surface area contributed by atoms with Crippen molar-refractivity contribution in [2.75, 3.05) is 7.05 Å². The van der Waals surface area contributed by atoms with Crippen molar-refractivity contribution in [2.45, 2.75) is 0 Å². The summed E-state index contributed by atoms with van der Waals surface area (Å²) in [6.45, 7) is 0. The van der Waals surface area contributed by atoms with Crippen molar-refractivity contribution >= 4 is 22.9 Å². The normalized spacial score (nSPS) is 9.00. The third kappa shape index (κ3) is 4.25. The molecule has 0 aliphatic rings. The van der Waals surface area contributed by atoms with Gasteiger partial charge in [0.25, 0.3) is 0 Å². The third-order valence-corrected chi connectivity index (χ3v) is 1.96. The van der Waals surface area contributed by atoms with Crippen molar-refractivity contribution in [3.05, 3.63) is 36.5 Å². The molecule has 0 fully saturated rings. The number of hydrogen-bond donors (Lipinski definition) is 5. The number of carbonyl (C=O) groups is 1. The van der Waals surface area contributed by atoms with Crippen LogP contribution < -0.4 is 16.4 Å². The molecule has 1 aromatic carbocycles. The van der Waals surface area contributed by atoms with E-state index in [1.165, 1.54) is 18.0 Å². The van der Waals surface area contributed by atoms with Gasteiger partial charge in [0, 0.05) is 18.8 Å². The van der Waals surface area contributed by atoms with Crippen LogP contribution in [-0.2, 0) is 0 Å². The quantitative estimate of drug-likeness (QED) is 0.345. The first-order valence-corrected chi connectivity index (χ1v) is 4.98. The molecule has 0 atom stereocenters. The van der Waals surface area contributed by atoms with Crippen LogP contribution in [0.2, 0.25) is 0 Å². The number of hydrogen-bond acceptors (Lipinski definition) is 2.